The molecule has 0 unspecified atom stereocenters. The molecule has 0 aliphatic heterocycles. The van der Waals surface area contributed by atoms with Crippen LogP contribution in [-0.2, 0) is 6.42 Å². The van der Waals surface area contributed by atoms with Gasteiger partial charge in [-0.1, -0.05) is 48.5 Å². The minimum atomic E-state index is -0.122. The second-order valence-corrected chi connectivity index (χ2v) is 5.39. The van der Waals surface area contributed by atoms with E-state index < -0.39 is 0 Å². The predicted molar refractivity (Wildman–Crippen MR) is 86.1 cm³/mol. The van der Waals surface area contributed by atoms with Crippen LogP contribution in [0.25, 0.3) is 16.5 Å². The third-order valence-corrected chi connectivity index (χ3v) is 4.17. The Labute approximate surface area is 127 Å². The van der Waals surface area contributed by atoms with Crippen molar-refractivity contribution in [2.45, 2.75) is 6.42 Å². The fraction of sp³-hybridized carbons (Fsp3) is 0.0526. The van der Waals surface area contributed by atoms with Crippen molar-refractivity contribution in [3.8, 4) is 0 Å². The van der Waals surface area contributed by atoms with Gasteiger partial charge in [0, 0.05) is 16.5 Å². The van der Waals surface area contributed by atoms with Crippen molar-refractivity contribution < 1.29 is 9.59 Å². The number of benzene rings is 2. The summed E-state index contributed by atoms with van der Waals surface area (Å²) in [5.74, 6) is -0.122. The highest BCUT2D eigenvalue weighted by molar-refractivity contribution is 6.32. The highest BCUT2D eigenvalue weighted by atomic mass is 16.1. The summed E-state index contributed by atoms with van der Waals surface area (Å²) in [6.07, 6.45) is 3.45. The van der Waals surface area contributed by atoms with Crippen molar-refractivity contribution in [2.75, 3.05) is 0 Å². The Kier molecular flexibility index (Phi) is 2.79. The highest BCUT2D eigenvalue weighted by Gasteiger charge is 2.25. The van der Waals surface area contributed by atoms with E-state index in [9.17, 15) is 9.59 Å². The number of aromatic amines is 1. The van der Waals surface area contributed by atoms with Gasteiger partial charge in [-0.25, -0.2) is 0 Å². The van der Waals surface area contributed by atoms with E-state index in [0.717, 1.165) is 34.7 Å². The maximum absolute atomic E-state index is 12.9. The second-order valence-electron chi connectivity index (χ2n) is 5.39. The standard InChI is InChI=1S/C19H13NO2/c21-11-16-14-7-3-4-8-17(14)20-18(16)19(22)15-10-9-12-5-1-2-6-13(12)15/h1-8,10-11,20H,9H2. The number of rotatable bonds is 3. The molecule has 3 heteroatoms. The number of aromatic nitrogens is 1. The van der Waals surface area contributed by atoms with Crippen molar-refractivity contribution in [3.05, 3.63) is 77.0 Å². The molecule has 0 bridgehead atoms. The summed E-state index contributed by atoms with van der Waals surface area (Å²) in [6.45, 7) is 0. The average molecular weight is 287 g/mol. The van der Waals surface area contributed by atoms with E-state index in [1.807, 2.05) is 54.6 Å². The molecular weight excluding hydrogens is 274 g/mol. The molecule has 106 valence electrons. The fourth-order valence-corrected chi connectivity index (χ4v) is 3.10. The van der Waals surface area contributed by atoms with Gasteiger partial charge >= 0.3 is 0 Å². The number of ketones is 1. The molecule has 1 aliphatic rings. The smallest absolute Gasteiger partial charge is 0.210 e. The third kappa shape index (κ3) is 1.76. The van der Waals surface area contributed by atoms with Gasteiger partial charge in [-0.3, -0.25) is 9.59 Å². The average Bonchev–Trinajstić information content (AvgIpc) is 3.15. The number of allylic oxidation sites excluding steroid dienone is 2. The number of H-pyrrole nitrogens is 1. The van der Waals surface area contributed by atoms with Crippen LogP contribution in [0.1, 0.15) is 32.0 Å². The number of hydrogen-bond acceptors (Lipinski definition) is 2. The summed E-state index contributed by atoms with van der Waals surface area (Å²) < 4.78 is 0. The van der Waals surface area contributed by atoms with E-state index in [0.29, 0.717) is 16.8 Å². The first-order valence-corrected chi connectivity index (χ1v) is 7.18. The van der Waals surface area contributed by atoms with Gasteiger partial charge in [0.05, 0.1) is 11.3 Å². The molecule has 1 heterocycles. The van der Waals surface area contributed by atoms with Gasteiger partial charge in [0.15, 0.2) is 6.29 Å². The van der Waals surface area contributed by atoms with Crippen molar-refractivity contribution in [1.82, 2.24) is 4.98 Å². The summed E-state index contributed by atoms with van der Waals surface area (Å²) in [4.78, 5) is 27.5. The number of hydrogen-bond donors (Lipinski definition) is 1. The minimum absolute atomic E-state index is 0.122. The van der Waals surface area contributed by atoms with Crippen LogP contribution in [0.4, 0.5) is 0 Å². The number of aldehydes is 1. The lowest BCUT2D eigenvalue weighted by atomic mass is 9.99. The van der Waals surface area contributed by atoms with E-state index in [4.69, 9.17) is 0 Å². The molecular formula is C19H13NO2. The maximum Gasteiger partial charge on any atom is 0.210 e. The van der Waals surface area contributed by atoms with Crippen LogP contribution in [-0.4, -0.2) is 17.1 Å². The van der Waals surface area contributed by atoms with Crippen molar-refractivity contribution >= 4 is 28.5 Å². The van der Waals surface area contributed by atoms with Crippen molar-refractivity contribution in [2.24, 2.45) is 0 Å². The van der Waals surface area contributed by atoms with Crippen LogP contribution in [0.2, 0.25) is 0 Å². The SMILES string of the molecule is O=Cc1c(C(=O)C2=CCc3ccccc32)[nH]c2ccccc12. The van der Waals surface area contributed by atoms with Gasteiger partial charge in [0.2, 0.25) is 5.78 Å². The molecule has 4 rings (SSSR count). The zero-order valence-corrected chi connectivity index (χ0v) is 11.8. The number of Topliss-reactive ketones (excluding diaryl/α,β-unsaturated/α-hetero) is 1. The van der Waals surface area contributed by atoms with Crippen LogP contribution >= 0.6 is 0 Å². The topological polar surface area (TPSA) is 49.9 Å². The van der Waals surface area contributed by atoms with Gasteiger partial charge in [-0.2, -0.15) is 0 Å². The number of nitrogens with one attached hydrogen (secondary N) is 1. The van der Waals surface area contributed by atoms with Crippen molar-refractivity contribution in [3.63, 3.8) is 0 Å². The van der Waals surface area contributed by atoms with Crippen LogP contribution in [0.3, 0.4) is 0 Å². The summed E-state index contributed by atoms with van der Waals surface area (Å²) in [5.41, 5.74) is 4.40. The molecule has 0 amide bonds. The zero-order valence-electron chi connectivity index (χ0n) is 11.8. The molecule has 0 saturated carbocycles. The molecule has 0 fully saturated rings. The summed E-state index contributed by atoms with van der Waals surface area (Å²) in [6, 6.07) is 15.3. The molecule has 22 heavy (non-hydrogen) atoms. The van der Waals surface area contributed by atoms with E-state index in [-0.39, 0.29) is 5.78 Å². The lowest BCUT2D eigenvalue weighted by Gasteiger charge is -2.04. The monoisotopic (exact) mass is 287 g/mol. The fourth-order valence-electron chi connectivity index (χ4n) is 3.10. The molecule has 0 radical (unpaired) electrons. The highest BCUT2D eigenvalue weighted by Crippen LogP contribution is 2.31. The quantitative estimate of drug-likeness (QED) is 0.588. The van der Waals surface area contributed by atoms with E-state index in [1.54, 1.807) is 0 Å². The van der Waals surface area contributed by atoms with Gasteiger partial charge < -0.3 is 4.98 Å². The Bertz CT molecular complexity index is 947. The molecule has 0 spiro atoms. The summed E-state index contributed by atoms with van der Waals surface area (Å²) in [7, 11) is 0. The molecule has 3 aromatic rings. The number of para-hydroxylation sites is 1. The third-order valence-electron chi connectivity index (χ3n) is 4.17. The molecule has 3 nitrogen and oxygen atoms in total. The normalized spacial score (nSPS) is 13.0. The molecule has 0 saturated heterocycles. The first kappa shape index (κ1) is 12.8. The van der Waals surface area contributed by atoms with Crippen LogP contribution in [0, 0.1) is 0 Å². The summed E-state index contributed by atoms with van der Waals surface area (Å²) in [5, 5.41) is 0.785. The van der Waals surface area contributed by atoms with Gasteiger partial charge in [0.1, 0.15) is 0 Å². The lowest BCUT2D eigenvalue weighted by Crippen LogP contribution is -2.05. The molecule has 2 aromatic carbocycles. The second kappa shape index (κ2) is 4.81. The first-order chi connectivity index (χ1) is 10.8. The maximum atomic E-state index is 12.9. The first-order valence-electron chi connectivity index (χ1n) is 7.18. The molecule has 1 aliphatic carbocycles. The predicted octanol–water partition coefficient (Wildman–Crippen LogP) is 3.80. The van der Waals surface area contributed by atoms with Crippen LogP contribution in [0.5, 0.6) is 0 Å². The van der Waals surface area contributed by atoms with Crippen molar-refractivity contribution in [1.29, 1.82) is 0 Å². The van der Waals surface area contributed by atoms with E-state index in [2.05, 4.69) is 4.98 Å². The Morgan fingerprint density at radius 2 is 1.82 bits per heavy atom. The Morgan fingerprint density at radius 3 is 2.68 bits per heavy atom. The Morgan fingerprint density at radius 1 is 1.05 bits per heavy atom. The number of carbonyl (C=O) groups is 2. The number of fused-ring (bicyclic) bond motifs is 2. The number of carbonyl (C=O) groups excluding carboxylic acids is 2. The Hall–Kier alpha value is -2.94. The van der Waals surface area contributed by atoms with Gasteiger partial charge in [-0.15, -0.1) is 0 Å². The van der Waals surface area contributed by atoms with E-state index >= 15 is 0 Å². The largest absolute Gasteiger partial charge is 0.351 e. The Balaban J connectivity index is 1.87. The lowest BCUT2D eigenvalue weighted by molar-refractivity contribution is 0.104. The summed E-state index contributed by atoms with van der Waals surface area (Å²) >= 11 is 0. The minimum Gasteiger partial charge on any atom is -0.351 e. The zero-order chi connectivity index (χ0) is 15.1. The molecule has 0 atom stereocenters. The molecule has 1 aromatic heterocycles. The van der Waals surface area contributed by atoms with Gasteiger partial charge in [0.25, 0.3) is 0 Å². The van der Waals surface area contributed by atoms with Gasteiger partial charge in [-0.05, 0) is 23.6 Å². The van der Waals surface area contributed by atoms with Crippen LogP contribution < -0.4 is 0 Å². The van der Waals surface area contributed by atoms with E-state index in [1.165, 1.54) is 0 Å². The molecule has 1 N–H and O–H groups in total. The van der Waals surface area contributed by atoms with Crippen LogP contribution in [0.15, 0.2) is 54.6 Å².